The number of thioether (sulfide) groups is 1. The number of benzene rings is 2. The van der Waals surface area contributed by atoms with Gasteiger partial charge in [0.25, 0.3) is 0 Å². The molecule has 1 unspecified atom stereocenters. The molecule has 0 aliphatic carbocycles. The molecule has 1 heterocycles. The van der Waals surface area contributed by atoms with Gasteiger partial charge in [-0.15, -0.1) is 23.1 Å². The quantitative estimate of drug-likeness (QED) is 0.334. The highest BCUT2D eigenvalue weighted by Crippen LogP contribution is 2.39. The normalized spacial score (nSPS) is 12.7. The number of hydrogen-bond acceptors (Lipinski definition) is 3. The maximum Gasteiger partial charge on any atom is 0.416 e. The molecule has 0 amide bonds. The molecular weight excluding hydrogens is 453 g/mol. The van der Waals surface area contributed by atoms with Gasteiger partial charge in [0.05, 0.1) is 5.56 Å². The van der Waals surface area contributed by atoms with E-state index in [1.54, 1.807) is 23.1 Å². The Morgan fingerprint density at radius 3 is 2.34 bits per heavy atom. The Hall–Kier alpha value is -2.25. The minimum Gasteiger partial charge on any atom is -0.481 e. The Kier molecular flexibility index (Phi) is 7.72. The van der Waals surface area contributed by atoms with E-state index in [9.17, 15) is 18.0 Å². The molecule has 0 spiro atoms. The summed E-state index contributed by atoms with van der Waals surface area (Å²) in [6.45, 7) is 6.21. The van der Waals surface area contributed by atoms with Crippen LogP contribution < -0.4 is 0 Å². The standard InChI is InChI=1S/C25H25F3O2S2/c1-15-12-21(10-6-18(15)7-11-23(29)30)31-14-17(3)24-16(2)13-22(32-24)19-4-8-20(9-5-19)25(26,27)28/h4-6,8-10,12-13,17H,7,11,14H2,1-3H3,(H,29,30). The van der Waals surface area contributed by atoms with E-state index in [0.717, 1.165) is 49.9 Å². The van der Waals surface area contributed by atoms with Gasteiger partial charge < -0.3 is 5.11 Å². The van der Waals surface area contributed by atoms with Crippen LogP contribution in [0.1, 0.15) is 46.4 Å². The van der Waals surface area contributed by atoms with Crippen molar-refractivity contribution >= 4 is 29.1 Å². The van der Waals surface area contributed by atoms with Gasteiger partial charge in [-0.05, 0) is 72.9 Å². The Balaban J connectivity index is 1.66. The zero-order valence-corrected chi connectivity index (χ0v) is 19.8. The van der Waals surface area contributed by atoms with Crippen molar-refractivity contribution in [1.82, 2.24) is 0 Å². The molecule has 0 aliphatic heterocycles. The lowest BCUT2D eigenvalue weighted by atomic mass is 10.0. The first-order chi connectivity index (χ1) is 15.0. The van der Waals surface area contributed by atoms with Crippen molar-refractivity contribution in [1.29, 1.82) is 0 Å². The van der Waals surface area contributed by atoms with Crippen molar-refractivity contribution in [2.45, 2.75) is 50.6 Å². The van der Waals surface area contributed by atoms with Crippen molar-refractivity contribution in [3.63, 3.8) is 0 Å². The molecule has 1 N–H and O–H groups in total. The maximum absolute atomic E-state index is 12.8. The van der Waals surface area contributed by atoms with E-state index in [-0.39, 0.29) is 6.42 Å². The molecule has 1 aromatic heterocycles. The minimum atomic E-state index is -4.33. The van der Waals surface area contributed by atoms with Gasteiger partial charge in [-0.25, -0.2) is 0 Å². The number of hydrogen-bond donors (Lipinski definition) is 1. The summed E-state index contributed by atoms with van der Waals surface area (Å²) in [6.07, 6.45) is -3.67. The molecule has 0 saturated heterocycles. The largest absolute Gasteiger partial charge is 0.481 e. The Morgan fingerprint density at radius 2 is 1.75 bits per heavy atom. The fraction of sp³-hybridized carbons (Fsp3) is 0.320. The van der Waals surface area contributed by atoms with Crippen LogP contribution in [0.2, 0.25) is 0 Å². The predicted molar refractivity (Wildman–Crippen MR) is 126 cm³/mol. The number of halogens is 3. The molecule has 3 aromatic rings. The van der Waals surface area contributed by atoms with Gasteiger partial charge in [-0.2, -0.15) is 13.2 Å². The second-order valence-electron chi connectivity index (χ2n) is 7.93. The first-order valence-corrected chi connectivity index (χ1v) is 12.1. The van der Waals surface area contributed by atoms with Crippen molar-refractivity contribution in [2.75, 3.05) is 5.75 Å². The predicted octanol–water partition coefficient (Wildman–Crippen LogP) is 7.96. The summed E-state index contributed by atoms with van der Waals surface area (Å²) < 4.78 is 38.4. The molecule has 0 radical (unpaired) electrons. The van der Waals surface area contributed by atoms with Crippen LogP contribution in [0.4, 0.5) is 13.2 Å². The van der Waals surface area contributed by atoms with Crippen LogP contribution in [0.3, 0.4) is 0 Å². The molecule has 1 atom stereocenters. The van der Waals surface area contributed by atoms with E-state index in [1.165, 1.54) is 17.0 Å². The van der Waals surface area contributed by atoms with Crippen LogP contribution in [-0.4, -0.2) is 16.8 Å². The molecule has 0 fully saturated rings. The monoisotopic (exact) mass is 478 g/mol. The van der Waals surface area contributed by atoms with Crippen LogP contribution in [0.25, 0.3) is 10.4 Å². The Bertz CT molecular complexity index is 1090. The molecule has 0 aliphatic rings. The fourth-order valence-corrected chi connectivity index (χ4v) is 5.90. The van der Waals surface area contributed by atoms with Gasteiger partial charge in [-0.3, -0.25) is 4.79 Å². The first kappa shape index (κ1) is 24.4. The highest BCUT2D eigenvalue weighted by molar-refractivity contribution is 7.99. The zero-order valence-electron chi connectivity index (χ0n) is 18.1. The summed E-state index contributed by atoms with van der Waals surface area (Å²) in [5, 5.41) is 8.87. The average molecular weight is 479 g/mol. The third kappa shape index (κ3) is 6.17. The lowest BCUT2D eigenvalue weighted by Gasteiger charge is -2.12. The van der Waals surface area contributed by atoms with Gasteiger partial charge in [0.15, 0.2) is 0 Å². The van der Waals surface area contributed by atoms with E-state index in [2.05, 4.69) is 13.0 Å². The van der Waals surface area contributed by atoms with Crippen LogP contribution in [0.15, 0.2) is 53.4 Å². The second-order valence-corrected chi connectivity index (χ2v) is 10.1. The smallest absolute Gasteiger partial charge is 0.416 e. The second kappa shape index (κ2) is 10.1. The van der Waals surface area contributed by atoms with Crippen molar-refractivity contribution < 1.29 is 23.1 Å². The summed E-state index contributed by atoms with van der Waals surface area (Å²) in [4.78, 5) is 14.1. The number of aryl methyl sites for hydroxylation is 3. The fourth-order valence-electron chi connectivity index (χ4n) is 3.53. The average Bonchev–Trinajstić information content (AvgIpc) is 3.12. The number of alkyl halides is 3. The third-order valence-corrected chi connectivity index (χ3v) is 8.09. The summed E-state index contributed by atoms with van der Waals surface area (Å²) in [5.74, 6) is 0.376. The topological polar surface area (TPSA) is 37.3 Å². The van der Waals surface area contributed by atoms with Crippen molar-refractivity contribution in [2.24, 2.45) is 0 Å². The van der Waals surface area contributed by atoms with Gasteiger partial charge in [0.2, 0.25) is 0 Å². The van der Waals surface area contributed by atoms with Gasteiger partial charge in [0, 0.05) is 32.7 Å². The van der Waals surface area contributed by atoms with Crippen LogP contribution in [0, 0.1) is 13.8 Å². The number of aliphatic carboxylic acids is 1. The number of thiophene rings is 1. The number of carboxylic acids is 1. The molecule has 3 rings (SSSR count). The van der Waals surface area contributed by atoms with E-state index in [1.807, 2.05) is 32.0 Å². The molecule has 2 aromatic carbocycles. The molecule has 170 valence electrons. The van der Waals surface area contributed by atoms with Gasteiger partial charge >= 0.3 is 12.1 Å². The summed E-state index contributed by atoms with van der Waals surface area (Å²) in [6, 6.07) is 13.5. The molecule has 32 heavy (non-hydrogen) atoms. The van der Waals surface area contributed by atoms with Crippen molar-refractivity contribution in [3.05, 3.63) is 75.7 Å². The van der Waals surface area contributed by atoms with E-state index < -0.39 is 17.7 Å². The minimum absolute atomic E-state index is 0.128. The number of carboxylic acid groups (broad SMARTS) is 1. The van der Waals surface area contributed by atoms with Crippen LogP contribution >= 0.6 is 23.1 Å². The highest BCUT2D eigenvalue weighted by Gasteiger charge is 2.30. The summed E-state index contributed by atoms with van der Waals surface area (Å²) in [5.41, 5.74) is 3.47. The van der Waals surface area contributed by atoms with Gasteiger partial charge in [0.1, 0.15) is 0 Å². The maximum atomic E-state index is 12.8. The lowest BCUT2D eigenvalue weighted by molar-refractivity contribution is -0.138. The molecule has 0 saturated carbocycles. The first-order valence-electron chi connectivity index (χ1n) is 10.3. The summed E-state index contributed by atoms with van der Waals surface area (Å²) >= 11 is 3.39. The van der Waals surface area contributed by atoms with E-state index >= 15 is 0 Å². The third-order valence-electron chi connectivity index (χ3n) is 5.32. The van der Waals surface area contributed by atoms with Gasteiger partial charge in [-0.1, -0.05) is 25.1 Å². The molecule has 0 bridgehead atoms. The molecule has 7 heteroatoms. The van der Waals surface area contributed by atoms with Crippen molar-refractivity contribution in [3.8, 4) is 10.4 Å². The Labute approximate surface area is 194 Å². The highest BCUT2D eigenvalue weighted by atomic mass is 32.2. The zero-order chi connectivity index (χ0) is 23.5. The van der Waals surface area contributed by atoms with E-state index in [0.29, 0.717) is 12.3 Å². The van der Waals surface area contributed by atoms with Crippen LogP contribution in [-0.2, 0) is 17.4 Å². The number of carbonyl (C=O) groups is 1. The summed E-state index contributed by atoms with van der Waals surface area (Å²) in [7, 11) is 0. The lowest BCUT2D eigenvalue weighted by Crippen LogP contribution is -2.03. The van der Waals surface area contributed by atoms with E-state index in [4.69, 9.17) is 5.11 Å². The molecular formula is C25H25F3O2S2. The molecule has 2 nitrogen and oxygen atoms in total. The SMILES string of the molecule is Cc1cc(SCC(C)c2sc(-c3ccc(C(F)(F)F)cc3)cc2C)ccc1CCC(=O)O. The Morgan fingerprint density at radius 1 is 1.06 bits per heavy atom. The van der Waals surface area contributed by atoms with Crippen LogP contribution in [0.5, 0.6) is 0 Å². The number of rotatable bonds is 8.